The molecule has 1 fully saturated rings. The largest absolute Gasteiger partial charge is 0.497 e. The first-order valence-corrected chi connectivity index (χ1v) is 12.8. The maximum Gasteiger partial charge on any atom is 0.431 e. The lowest BCUT2D eigenvalue weighted by Gasteiger charge is -2.35. The van der Waals surface area contributed by atoms with Crippen LogP contribution in [0.1, 0.15) is 40.0 Å². The predicted molar refractivity (Wildman–Crippen MR) is 140 cm³/mol. The zero-order valence-corrected chi connectivity index (χ0v) is 22.3. The van der Waals surface area contributed by atoms with Gasteiger partial charge in [-0.15, -0.1) is 0 Å². The van der Waals surface area contributed by atoms with Gasteiger partial charge in [0.05, 0.1) is 30.9 Å². The Morgan fingerprint density at radius 3 is 2.21 bits per heavy atom. The van der Waals surface area contributed by atoms with Gasteiger partial charge in [-0.25, -0.2) is 4.39 Å². The van der Waals surface area contributed by atoms with Gasteiger partial charge in [0.2, 0.25) is 0 Å². The van der Waals surface area contributed by atoms with Crippen LogP contribution in [0.2, 0.25) is 0 Å². The summed E-state index contributed by atoms with van der Waals surface area (Å²) in [7, 11) is 1.53. The van der Waals surface area contributed by atoms with E-state index in [1.165, 1.54) is 18.2 Å². The molecule has 0 amide bonds. The van der Waals surface area contributed by atoms with Crippen LogP contribution in [-0.2, 0) is 4.79 Å². The summed E-state index contributed by atoms with van der Waals surface area (Å²) >= 11 is 0. The molecule has 2 unspecified atom stereocenters. The average Bonchev–Trinajstić information content (AvgIpc) is 3.25. The molecule has 1 N–H and O–H groups in total. The molecule has 0 radical (unpaired) electrons. The predicted octanol–water partition coefficient (Wildman–Crippen LogP) is 6.13. The van der Waals surface area contributed by atoms with Gasteiger partial charge in [0.1, 0.15) is 29.1 Å². The standard InChI is InChI=1S/C28H33F4N3O4/c1-27(2,3)25-23(16-24(36)37)35(33-26(25)28(30,31)32)17-5-7-18(8-6-17)39-19-11-13-34(14-12-19)22-15-20(38-4)9-10-21(22)29/h5-10,15,19,23,25H,11-14,16H2,1-4H3,(H,36,37). The number of nitrogens with zero attached hydrogens (tertiary/aromatic N) is 3. The molecule has 2 aromatic carbocycles. The van der Waals surface area contributed by atoms with Crippen LogP contribution in [0.25, 0.3) is 0 Å². The van der Waals surface area contributed by atoms with Crippen molar-refractivity contribution in [2.75, 3.05) is 30.1 Å². The van der Waals surface area contributed by atoms with Gasteiger partial charge in [0, 0.05) is 37.9 Å². The molecule has 0 aliphatic carbocycles. The lowest BCUT2D eigenvalue weighted by atomic mass is 9.73. The minimum Gasteiger partial charge on any atom is -0.497 e. The van der Waals surface area contributed by atoms with Crippen LogP contribution in [0, 0.1) is 17.2 Å². The van der Waals surface area contributed by atoms with Gasteiger partial charge >= 0.3 is 12.1 Å². The third-order valence-corrected chi connectivity index (χ3v) is 7.16. The first kappa shape index (κ1) is 28.5. The van der Waals surface area contributed by atoms with Gasteiger partial charge < -0.3 is 19.5 Å². The van der Waals surface area contributed by atoms with Crippen LogP contribution in [-0.4, -0.2) is 55.3 Å². The highest BCUT2D eigenvalue weighted by atomic mass is 19.4. The molecule has 4 rings (SSSR count). The van der Waals surface area contributed by atoms with Crippen molar-refractivity contribution in [3.63, 3.8) is 0 Å². The third kappa shape index (κ3) is 6.39. The number of anilines is 2. The Kier molecular flexibility index (Phi) is 7.99. The Morgan fingerprint density at radius 2 is 1.67 bits per heavy atom. The van der Waals surface area contributed by atoms with E-state index >= 15 is 0 Å². The second-order valence-corrected chi connectivity index (χ2v) is 11.0. The Labute approximate surface area is 225 Å². The monoisotopic (exact) mass is 551 g/mol. The summed E-state index contributed by atoms with van der Waals surface area (Å²) in [5, 5.41) is 14.5. The van der Waals surface area contributed by atoms with Crippen LogP contribution in [0.5, 0.6) is 11.5 Å². The van der Waals surface area contributed by atoms with Crippen LogP contribution >= 0.6 is 0 Å². The third-order valence-electron chi connectivity index (χ3n) is 7.16. The molecule has 11 heteroatoms. The van der Waals surface area contributed by atoms with Crippen molar-refractivity contribution in [3.8, 4) is 11.5 Å². The summed E-state index contributed by atoms with van der Waals surface area (Å²) in [4.78, 5) is 13.5. The average molecular weight is 552 g/mol. The fourth-order valence-corrected chi connectivity index (χ4v) is 5.37. The molecule has 2 aliphatic rings. The topological polar surface area (TPSA) is 74.6 Å². The molecule has 2 heterocycles. The highest BCUT2D eigenvalue weighted by Crippen LogP contribution is 2.44. The Bertz CT molecular complexity index is 1200. The van der Waals surface area contributed by atoms with Gasteiger partial charge in [0.25, 0.3) is 0 Å². The molecule has 2 aliphatic heterocycles. The number of hydrogen-bond donors (Lipinski definition) is 1. The van der Waals surface area contributed by atoms with Crippen LogP contribution in [0.3, 0.4) is 0 Å². The number of carboxylic acids is 1. The molecule has 0 spiro atoms. The summed E-state index contributed by atoms with van der Waals surface area (Å²) in [6.07, 6.45) is -3.99. The number of hydrazone groups is 1. The van der Waals surface area contributed by atoms with Crippen molar-refractivity contribution >= 4 is 23.1 Å². The number of rotatable bonds is 7. The van der Waals surface area contributed by atoms with E-state index in [0.717, 1.165) is 0 Å². The van der Waals surface area contributed by atoms with E-state index in [4.69, 9.17) is 9.47 Å². The first-order chi connectivity index (χ1) is 18.3. The Morgan fingerprint density at radius 1 is 1.05 bits per heavy atom. The fraction of sp³-hybridized carbons (Fsp3) is 0.500. The smallest absolute Gasteiger partial charge is 0.431 e. The zero-order chi connectivity index (χ0) is 28.5. The highest BCUT2D eigenvalue weighted by molar-refractivity contribution is 5.96. The second kappa shape index (κ2) is 10.9. The number of hydrogen-bond acceptors (Lipinski definition) is 6. The SMILES string of the molecule is COc1ccc(F)c(N2CCC(Oc3ccc(N4N=C(C(F)(F)F)C(C(C)(C)C)C4CC(=O)O)cc3)CC2)c1. The molecule has 0 aromatic heterocycles. The van der Waals surface area contributed by atoms with Crippen molar-refractivity contribution < 1.29 is 36.9 Å². The van der Waals surface area contributed by atoms with E-state index < -0.39 is 41.7 Å². The maximum absolute atomic E-state index is 14.3. The number of benzene rings is 2. The summed E-state index contributed by atoms with van der Waals surface area (Å²) in [6, 6.07) is 10.1. The van der Waals surface area contributed by atoms with Gasteiger partial charge in [-0.1, -0.05) is 20.8 Å². The van der Waals surface area contributed by atoms with Crippen LogP contribution in [0.15, 0.2) is 47.6 Å². The van der Waals surface area contributed by atoms with Gasteiger partial charge in [-0.3, -0.25) is 9.80 Å². The second-order valence-electron chi connectivity index (χ2n) is 11.0. The molecule has 0 saturated carbocycles. The number of halogens is 4. The lowest BCUT2D eigenvalue weighted by molar-refractivity contribution is -0.137. The van der Waals surface area contributed by atoms with Crippen molar-refractivity contribution in [1.82, 2.24) is 0 Å². The van der Waals surface area contributed by atoms with Crippen LogP contribution in [0.4, 0.5) is 28.9 Å². The molecule has 212 valence electrons. The summed E-state index contributed by atoms with van der Waals surface area (Å²) in [5.41, 5.74) is -1.01. The first-order valence-electron chi connectivity index (χ1n) is 12.8. The summed E-state index contributed by atoms with van der Waals surface area (Å²) < 4.78 is 67.4. The van der Waals surface area contributed by atoms with E-state index in [1.54, 1.807) is 57.2 Å². The number of aliphatic carboxylic acids is 1. The van der Waals surface area contributed by atoms with E-state index in [9.17, 15) is 27.5 Å². The minimum atomic E-state index is -4.69. The summed E-state index contributed by atoms with van der Waals surface area (Å²) in [6.45, 7) is 6.13. The van der Waals surface area contributed by atoms with Gasteiger partial charge in [-0.05, 0) is 41.8 Å². The van der Waals surface area contributed by atoms with E-state index in [0.29, 0.717) is 48.8 Å². The van der Waals surface area contributed by atoms with Crippen molar-refractivity contribution in [2.24, 2.45) is 16.4 Å². The van der Waals surface area contributed by atoms with Gasteiger partial charge in [0.15, 0.2) is 0 Å². The van der Waals surface area contributed by atoms with Gasteiger partial charge in [-0.2, -0.15) is 18.3 Å². The summed E-state index contributed by atoms with van der Waals surface area (Å²) in [5.74, 6) is -1.53. The quantitative estimate of drug-likeness (QED) is 0.418. The van der Waals surface area contributed by atoms with Crippen molar-refractivity contribution in [2.45, 2.75) is 58.4 Å². The molecular weight excluding hydrogens is 518 g/mol. The fourth-order valence-electron chi connectivity index (χ4n) is 5.37. The highest BCUT2D eigenvalue weighted by Gasteiger charge is 2.54. The van der Waals surface area contributed by atoms with E-state index in [1.807, 2.05) is 4.90 Å². The zero-order valence-electron chi connectivity index (χ0n) is 22.3. The number of carboxylic acid groups (broad SMARTS) is 1. The molecule has 2 atom stereocenters. The number of alkyl halides is 3. The van der Waals surface area contributed by atoms with Crippen molar-refractivity contribution in [1.29, 1.82) is 0 Å². The lowest BCUT2D eigenvalue weighted by Crippen LogP contribution is -2.45. The van der Waals surface area contributed by atoms with E-state index in [2.05, 4.69) is 5.10 Å². The molecular formula is C28H33F4N3O4. The minimum absolute atomic E-state index is 0.118. The molecule has 1 saturated heterocycles. The number of ether oxygens (including phenoxy) is 2. The molecule has 2 aromatic rings. The molecule has 0 bridgehead atoms. The normalized spacial score (nSPS) is 20.7. The number of carbonyl (C=O) groups is 1. The number of methoxy groups -OCH3 is 1. The number of piperidine rings is 1. The van der Waals surface area contributed by atoms with E-state index in [-0.39, 0.29) is 11.9 Å². The molecule has 7 nitrogen and oxygen atoms in total. The Balaban J connectivity index is 1.46. The maximum atomic E-state index is 14.3. The Hall–Kier alpha value is -3.50. The van der Waals surface area contributed by atoms with Crippen molar-refractivity contribution in [3.05, 3.63) is 48.3 Å². The molecule has 39 heavy (non-hydrogen) atoms. The van der Waals surface area contributed by atoms with Crippen LogP contribution < -0.4 is 19.4 Å².